The van der Waals surface area contributed by atoms with Gasteiger partial charge < -0.3 is 18.9 Å². The number of hydrogen-bond donors (Lipinski definition) is 0. The average Bonchev–Trinajstić information content (AvgIpc) is 2.98. The Hall–Kier alpha value is -1.59. The van der Waals surface area contributed by atoms with Gasteiger partial charge in [-0.15, -0.1) is 0 Å². The molecule has 41 heavy (non-hydrogen) atoms. The Balaban J connectivity index is -0.000000262. The molecular weight excluding hydrogens is 600 g/mol. The van der Waals surface area contributed by atoms with Crippen LogP contribution in [0.5, 0.6) is 23.0 Å². The number of hydrogen-bond acceptors (Lipinski definition) is 4. The van der Waals surface area contributed by atoms with E-state index in [4.69, 9.17) is 30.5 Å². The van der Waals surface area contributed by atoms with Crippen molar-refractivity contribution in [3.8, 4) is 23.0 Å². The maximum atomic E-state index is 6.13. The molecule has 0 saturated carbocycles. The Morgan fingerprint density at radius 3 is 1.20 bits per heavy atom. The first kappa shape index (κ1) is 46.4. The van der Waals surface area contributed by atoms with Gasteiger partial charge in [-0.1, -0.05) is 127 Å². The van der Waals surface area contributed by atoms with E-state index >= 15 is 0 Å². The summed E-state index contributed by atoms with van der Waals surface area (Å²) >= 11 is 9.66. The molecule has 0 amide bonds. The fraction of sp³-hybridized carbons (Fsp3) is 0.657. The van der Waals surface area contributed by atoms with Crippen LogP contribution in [0.1, 0.15) is 123 Å². The van der Waals surface area contributed by atoms with Crippen LogP contribution in [0.3, 0.4) is 0 Å². The number of benzene rings is 2. The van der Waals surface area contributed by atoms with Gasteiger partial charge in [-0.05, 0) is 64.9 Å². The first-order chi connectivity index (χ1) is 19.6. The smallest absolute Gasteiger partial charge is 0.141 e. The molecule has 0 heterocycles. The van der Waals surface area contributed by atoms with Crippen molar-refractivity contribution >= 4 is 27.5 Å². The summed E-state index contributed by atoms with van der Waals surface area (Å²) in [6.07, 6.45) is 4.19. The first-order valence-corrected chi connectivity index (χ1v) is 16.9. The van der Waals surface area contributed by atoms with Crippen LogP contribution in [0.25, 0.3) is 0 Å². The van der Waals surface area contributed by atoms with Crippen molar-refractivity contribution in [3.05, 3.63) is 45.9 Å². The molecule has 0 radical (unpaired) electrons. The van der Waals surface area contributed by atoms with Crippen molar-refractivity contribution < 1.29 is 18.9 Å². The molecular formula is C35H64BrClO4. The van der Waals surface area contributed by atoms with E-state index in [9.17, 15) is 0 Å². The van der Waals surface area contributed by atoms with Gasteiger partial charge in [0.05, 0.1) is 26.4 Å². The highest BCUT2D eigenvalue weighted by atomic mass is 79.9. The quantitative estimate of drug-likeness (QED) is 0.240. The predicted molar refractivity (Wildman–Crippen MR) is 188 cm³/mol. The van der Waals surface area contributed by atoms with Crippen LogP contribution in [0.2, 0.25) is 5.02 Å². The van der Waals surface area contributed by atoms with Gasteiger partial charge in [0, 0.05) is 0 Å². The number of halogens is 2. The monoisotopic (exact) mass is 662 g/mol. The van der Waals surface area contributed by atoms with Gasteiger partial charge in [0.1, 0.15) is 32.5 Å². The van der Waals surface area contributed by atoms with Crippen LogP contribution in [0.4, 0.5) is 0 Å². The lowest BCUT2D eigenvalue weighted by Crippen LogP contribution is -2.17. The predicted octanol–water partition coefficient (Wildman–Crippen LogP) is 13.1. The topological polar surface area (TPSA) is 36.9 Å². The third kappa shape index (κ3) is 25.8. The average molecular weight is 664 g/mol. The largest absolute Gasteiger partial charge is 0.492 e. The molecule has 0 N–H and O–H groups in total. The second-order valence-corrected chi connectivity index (χ2v) is 10.4. The zero-order valence-electron chi connectivity index (χ0n) is 29.0. The Kier molecular flexibility index (Phi) is 37.2. The van der Waals surface area contributed by atoms with Gasteiger partial charge in [0.15, 0.2) is 0 Å². The number of rotatable bonds is 11. The van der Waals surface area contributed by atoms with Gasteiger partial charge in [-0.2, -0.15) is 0 Å². The van der Waals surface area contributed by atoms with Crippen LogP contribution in [0.15, 0.2) is 40.9 Å². The second-order valence-electron chi connectivity index (χ2n) is 9.24. The maximum absolute atomic E-state index is 6.13. The number of ether oxygens (including phenoxy) is 4. The van der Waals surface area contributed by atoms with Crippen LogP contribution in [-0.4, -0.2) is 26.4 Å². The lowest BCUT2D eigenvalue weighted by molar-refractivity contribution is 0.195. The van der Waals surface area contributed by atoms with Gasteiger partial charge in [0.25, 0.3) is 0 Å². The van der Waals surface area contributed by atoms with Crippen LogP contribution >= 0.6 is 27.5 Å². The molecule has 0 fully saturated rings. The van der Waals surface area contributed by atoms with E-state index in [1.165, 1.54) is 6.42 Å². The molecule has 0 aliphatic heterocycles. The Morgan fingerprint density at radius 1 is 0.585 bits per heavy atom. The molecule has 0 bridgehead atoms. The molecule has 0 aliphatic carbocycles. The zero-order valence-corrected chi connectivity index (χ0v) is 31.4. The third-order valence-electron chi connectivity index (χ3n) is 3.90. The van der Waals surface area contributed by atoms with Crippen LogP contribution < -0.4 is 18.9 Å². The summed E-state index contributed by atoms with van der Waals surface area (Å²) < 4.78 is 23.3. The van der Waals surface area contributed by atoms with Crippen molar-refractivity contribution in [1.29, 1.82) is 0 Å². The fourth-order valence-electron chi connectivity index (χ4n) is 2.36. The SMILES string of the molecule is CC.CC.CC.CCC.CCCOc1cccc(OCC(C)(C)C)c1Br.CCCOc1cccc(OCCC)c1Cl. The van der Waals surface area contributed by atoms with Crippen LogP contribution in [0, 0.1) is 5.41 Å². The van der Waals surface area contributed by atoms with Crippen molar-refractivity contribution in [1.82, 2.24) is 0 Å². The molecule has 6 heteroatoms. The van der Waals surface area contributed by atoms with Crippen LogP contribution in [-0.2, 0) is 0 Å². The lowest BCUT2D eigenvalue weighted by Gasteiger charge is -2.20. The van der Waals surface area contributed by atoms with Crippen molar-refractivity contribution in [2.45, 2.75) is 123 Å². The first-order valence-electron chi connectivity index (χ1n) is 15.7. The molecule has 0 atom stereocenters. The van der Waals surface area contributed by atoms with E-state index in [1.807, 2.05) is 77.9 Å². The highest BCUT2D eigenvalue weighted by Crippen LogP contribution is 2.35. The summed E-state index contributed by atoms with van der Waals surface area (Å²) in [5.74, 6) is 3.09. The highest BCUT2D eigenvalue weighted by Gasteiger charge is 2.14. The van der Waals surface area contributed by atoms with Crippen molar-refractivity contribution in [3.63, 3.8) is 0 Å². The molecule has 0 unspecified atom stereocenters. The summed E-state index contributed by atoms with van der Waals surface area (Å²) in [7, 11) is 0. The molecule has 0 saturated heterocycles. The Bertz CT molecular complexity index is 781. The lowest BCUT2D eigenvalue weighted by atomic mass is 9.99. The summed E-state index contributed by atoms with van der Waals surface area (Å²) in [6.45, 7) is 31.7. The minimum Gasteiger partial charge on any atom is -0.492 e. The van der Waals surface area contributed by atoms with Gasteiger partial charge in [-0.25, -0.2) is 0 Å². The summed E-state index contributed by atoms with van der Waals surface area (Å²) in [5.41, 5.74) is 0.153. The third-order valence-corrected chi connectivity index (χ3v) is 5.06. The normalized spacial score (nSPS) is 9.27. The molecule has 0 spiro atoms. The maximum Gasteiger partial charge on any atom is 0.141 e. The molecule has 2 aromatic rings. The second kappa shape index (κ2) is 32.9. The summed E-state index contributed by atoms with van der Waals surface area (Å²) in [6, 6.07) is 11.5. The van der Waals surface area contributed by atoms with E-state index in [0.717, 1.165) is 41.8 Å². The highest BCUT2D eigenvalue weighted by molar-refractivity contribution is 9.10. The summed E-state index contributed by atoms with van der Waals surface area (Å²) in [5, 5.41) is 0.569. The minimum absolute atomic E-state index is 0.153. The molecule has 4 nitrogen and oxygen atoms in total. The van der Waals surface area contributed by atoms with Gasteiger partial charge in [0.2, 0.25) is 0 Å². The summed E-state index contributed by atoms with van der Waals surface area (Å²) in [4.78, 5) is 0. The standard InChI is InChI=1S/C14H21BrO2.C12H17ClO2.C3H8.3C2H6/c1-5-9-16-11-7-6-8-12(13(11)15)17-10-14(2,3)4;1-3-8-14-10-6-5-7-11(12(10)13)15-9-4-2;1-3-2;3*1-2/h6-8H,5,9-10H2,1-4H3;5-7H,3-4,8-9H2,1-2H3;3H2,1-2H3;3*1-2H3. The van der Waals surface area contributed by atoms with Crippen molar-refractivity contribution in [2.75, 3.05) is 26.4 Å². The molecule has 2 rings (SSSR count). The fourth-order valence-corrected chi connectivity index (χ4v) is 3.09. The van der Waals surface area contributed by atoms with E-state index in [1.54, 1.807) is 0 Å². The molecule has 2 aromatic carbocycles. The zero-order chi connectivity index (χ0) is 32.7. The molecule has 0 aliphatic rings. The molecule has 0 aromatic heterocycles. The Labute approximate surface area is 269 Å². The van der Waals surface area contributed by atoms with Gasteiger partial charge in [-0.3, -0.25) is 0 Å². The van der Waals surface area contributed by atoms with E-state index in [2.05, 4.69) is 71.3 Å². The van der Waals surface area contributed by atoms with E-state index in [-0.39, 0.29) is 5.41 Å². The Morgan fingerprint density at radius 2 is 0.878 bits per heavy atom. The minimum atomic E-state index is 0.153. The van der Waals surface area contributed by atoms with E-state index in [0.29, 0.717) is 36.3 Å². The van der Waals surface area contributed by atoms with Gasteiger partial charge >= 0.3 is 0 Å². The molecule has 242 valence electrons. The van der Waals surface area contributed by atoms with E-state index < -0.39 is 0 Å². The van der Waals surface area contributed by atoms with Crippen molar-refractivity contribution in [2.24, 2.45) is 5.41 Å².